The molecule has 3 rings (SSSR count). The Kier molecular flexibility index (Phi) is 4.61. The monoisotopic (exact) mass is 305 g/mol. The number of nitrogens with one attached hydrogen (secondary N) is 1. The van der Waals surface area contributed by atoms with Crippen LogP contribution >= 0.6 is 11.6 Å². The first kappa shape index (κ1) is 15.4. The van der Waals surface area contributed by atoms with Crippen LogP contribution in [0.4, 0.5) is 0 Å². The van der Waals surface area contributed by atoms with E-state index >= 15 is 0 Å². The molecule has 2 aliphatic rings. The van der Waals surface area contributed by atoms with Crippen LogP contribution in [0.15, 0.2) is 24.3 Å². The normalized spacial score (nSPS) is 33.5. The zero-order chi connectivity index (χ0) is 14.9. The molecule has 21 heavy (non-hydrogen) atoms. The molecule has 0 radical (unpaired) electrons. The minimum absolute atomic E-state index is 0.488. The van der Waals surface area contributed by atoms with Crippen LogP contribution < -0.4 is 5.32 Å². The van der Waals surface area contributed by atoms with Crippen molar-refractivity contribution in [3.63, 3.8) is 0 Å². The second-order valence-corrected chi connectivity index (χ2v) is 7.83. The second-order valence-electron chi connectivity index (χ2n) is 7.39. The number of benzene rings is 1. The molecule has 1 saturated carbocycles. The first-order valence-corrected chi connectivity index (χ1v) is 8.97. The highest BCUT2D eigenvalue weighted by atomic mass is 35.5. The lowest BCUT2D eigenvalue weighted by atomic mass is 9.53. The van der Waals surface area contributed by atoms with Gasteiger partial charge in [0.05, 0.1) is 0 Å². The van der Waals surface area contributed by atoms with Crippen molar-refractivity contribution in [2.45, 2.75) is 51.9 Å². The Hall–Kier alpha value is -0.530. The minimum Gasteiger partial charge on any atom is -0.316 e. The van der Waals surface area contributed by atoms with Gasteiger partial charge in [0.15, 0.2) is 0 Å². The van der Waals surface area contributed by atoms with E-state index in [1.54, 1.807) is 0 Å². The summed E-state index contributed by atoms with van der Waals surface area (Å²) in [6, 6.07) is 8.60. The molecule has 1 N–H and O–H groups in total. The van der Waals surface area contributed by atoms with E-state index in [1.165, 1.54) is 44.2 Å². The second kappa shape index (κ2) is 6.30. The van der Waals surface area contributed by atoms with E-state index in [2.05, 4.69) is 37.4 Å². The summed E-state index contributed by atoms with van der Waals surface area (Å²) in [6.45, 7) is 7.15. The van der Waals surface area contributed by atoms with E-state index in [9.17, 15) is 0 Å². The molecule has 3 unspecified atom stereocenters. The number of halogens is 1. The van der Waals surface area contributed by atoms with Crippen molar-refractivity contribution < 1.29 is 0 Å². The Balaban J connectivity index is 1.99. The van der Waals surface area contributed by atoms with E-state index in [0.717, 1.165) is 23.4 Å². The maximum absolute atomic E-state index is 6.27. The summed E-state index contributed by atoms with van der Waals surface area (Å²) >= 11 is 6.27. The van der Waals surface area contributed by atoms with E-state index in [4.69, 9.17) is 11.6 Å². The lowest BCUT2D eigenvalue weighted by Gasteiger charge is -2.54. The number of hydrogen-bond acceptors (Lipinski definition) is 1. The summed E-state index contributed by atoms with van der Waals surface area (Å²) < 4.78 is 0. The van der Waals surface area contributed by atoms with E-state index in [-0.39, 0.29) is 0 Å². The number of piperidine rings is 1. The van der Waals surface area contributed by atoms with Gasteiger partial charge in [-0.2, -0.15) is 0 Å². The summed E-state index contributed by atoms with van der Waals surface area (Å²) in [5.74, 6) is 2.26. The van der Waals surface area contributed by atoms with Crippen LogP contribution in [0, 0.1) is 17.3 Å². The SMILES string of the molecule is CC(C)C1CCCCC12CCNCC2c1cccc(Cl)c1. The summed E-state index contributed by atoms with van der Waals surface area (Å²) in [5.41, 5.74) is 1.93. The van der Waals surface area contributed by atoms with Crippen LogP contribution in [0.25, 0.3) is 0 Å². The molecule has 1 spiro atoms. The van der Waals surface area contributed by atoms with E-state index < -0.39 is 0 Å². The molecule has 0 amide bonds. The topological polar surface area (TPSA) is 12.0 Å². The maximum atomic E-state index is 6.27. The van der Waals surface area contributed by atoms with Gasteiger partial charge < -0.3 is 5.32 Å². The molecule has 3 atom stereocenters. The molecule has 1 aliphatic carbocycles. The Labute approximate surface area is 134 Å². The quantitative estimate of drug-likeness (QED) is 0.787. The van der Waals surface area contributed by atoms with Crippen LogP contribution in [-0.2, 0) is 0 Å². The molecule has 0 bridgehead atoms. The Morgan fingerprint density at radius 1 is 1.24 bits per heavy atom. The first-order chi connectivity index (χ1) is 10.1. The molecule has 1 aromatic carbocycles. The summed E-state index contributed by atoms with van der Waals surface area (Å²) in [5, 5.41) is 4.52. The van der Waals surface area contributed by atoms with Crippen molar-refractivity contribution in [2.24, 2.45) is 17.3 Å². The fourth-order valence-corrected chi connectivity index (χ4v) is 5.35. The van der Waals surface area contributed by atoms with Gasteiger partial charge in [-0.1, -0.05) is 50.4 Å². The highest BCUT2D eigenvalue weighted by molar-refractivity contribution is 6.30. The van der Waals surface area contributed by atoms with Crippen LogP contribution in [0.2, 0.25) is 5.02 Å². The van der Waals surface area contributed by atoms with Gasteiger partial charge in [0.2, 0.25) is 0 Å². The average molecular weight is 306 g/mol. The number of rotatable bonds is 2. The molecule has 1 aliphatic heterocycles. The predicted octanol–water partition coefficient (Wildman–Crippen LogP) is 5.25. The van der Waals surface area contributed by atoms with E-state index in [1.807, 2.05) is 6.07 Å². The minimum atomic E-state index is 0.488. The first-order valence-electron chi connectivity index (χ1n) is 8.60. The smallest absolute Gasteiger partial charge is 0.0408 e. The zero-order valence-corrected chi connectivity index (χ0v) is 14.1. The van der Waals surface area contributed by atoms with Crippen LogP contribution in [0.1, 0.15) is 57.4 Å². The Morgan fingerprint density at radius 3 is 2.86 bits per heavy atom. The van der Waals surface area contributed by atoms with Gasteiger partial charge in [0, 0.05) is 17.5 Å². The fourth-order valence-electron chi connectivity index (χ4n) is 5.15. The van der Waals surface area contributed by atoms with Gasteiger partial charge >= 0.3 is 0 Å². The van der Waals surface area contributed by atoms with Crippen molar-refractivity contribution >= 4 is 11.6 Å². The third-order valence-electron chi connectivity index (χ3n) is 6.01. The molecule has 1 aromatic rings. The highest BCUT2D eigenvalue weighted by Gasteiger charge is 2.48. The van der Waals surface area contributed by atoms with Crippen LogP contribution in [0.5, 0.6) is 0 Å². The lowest BCUT2D eigenvalue weighted by Crippen LogP contribution is -2.50. The van der Waals surface area contributed by atoms with Gasteiger partial charge in [-0.25, -0.2) is 0 Å². The number of hydrogen-bond donors (Lipinski definition) is 1. The maximum Gasteiger partial charge on any atom is 0.0408 e. The molecule has 116 valence electrons. The predicted molar refractivity (Wildman–Crippen MR) is 90.9 cm³/mol. The molecule has 1 heterocycles. The van der Waals surface area contributed by atoms with Crippen LogP contribution in [-0.4, -0.2) is 13.1 Å². The molecule has 2 fully saturated rings. The molecule has 1 saturated heterocycles. The van der Waals surface area contributed by atoms with Gasteiger partial charge in [-0.15, -0.1) is 0 Å². The fraction of sp³-hybridized carbons (Fsp3) is 0.684. The summed E-state index contributed by atoms with van der Waals surface area (Å²) in [7, 11) is 0. The average Bonchev–Trinajstić information content (AvgIpc) is 2.48. The molecular weight excluding hydrogens is 278 g/mol. The summed E-state index contributed by atoms with van der Waals surface area (Å²) in [6.07, 6.45) is 6.96. The van der Waals surface area contributed by atoms with Crippen molar-refractivity contribution in [2.75, 3.05) is 13.1 Å². The zero-order valence-electron chi connectivity index (χ0n) is 13.4. The highest BCUT2D eigenvalue weighted by Crippen LogP contribution is 2.56. The van der Waals surface area contributed by atoms with Crippen molar-refractivity contribution in [3.05, 3.63) is 34.9 Å². The third-order valence-corrected chi connectivity index (χ3v) is 6.25. The van der Waals surface area contributed by atoms with E-state index in [0.29, 0.717) is 11.3 Å². The van der Waals surface area contributed by atoms with Crippen molar-refractivity contribution in [3.8, 4) is 0 Å². The molecular formula is C19H28ClN. The molecule has 2 heteroatoms. The van der Waals surface area contributed by atoms with Crippen molar-refractivity contribution in [1.82, 2.24) is 5.32 Å². The summed E-state index contributed by atoms with van der Waals surface area (Å²) in [4.78, 5) is 0. The van der Waals surface area contributed by atoms with Gasteiger partial charge in [0.1, 0.15) is 0 Å². The van der Waals surface area contributed by atoms with Gasteiger partial charge in [-0.3, -0.25) is 0 Å². The van der Waals surface area contributed by atoms with Crippen molar-refractivity contribution in [1.29, 1.82) is 0 Å². The Morgan fingerprint density at radius 2 is 2.10 bits per heavy atom. The third kappa shape index (κ3) is 2.87. The lowest BCUT2D eigenvalue weighted by molar-refractivity contribution is 0.00526. The molecule has 0 aromatic heterocycles. The standard InChI is InChI=1S/C19H28ClN/c1-14(2)17-8-3-4-9-19(17)10-11-21-13-18(19)15-6-5-7-16(20)12-15/h5-7,12,14,17-18,21H,3-4,8-11,13H2,1-2H3. The Bertz CT molecular complexity index is 478. The van der Waals surface area contributed by atoms with Crippen LogP contribution in [0.3, 0.4) is 0 Å². The largest absolute Gasteiger partial charge is 0.316 e. The van der Waals surface area contributed by atoms with Gasteiger partial charge in [0.25, 0.3) is 0 Å². The van der Waals surface area contributed by atoms with Gasteiger partial charge in [-0.05, 0) is 60.8 Å². The molecule has 1 nitrogen and oxygen atoms in total.